The van der Waals surface area contributed by atoms with E-state index in [9.17, 15) is 4.79 Å². The number of nitrogens with zero attached hydrogens (tertiary/aromatic N) is 6. The molecule has 0 bridgehead atoms. The van der Waals surface area contributed by atoms with E-state index in [1.54, 1.807) is 16.4 Å². The molecule has 2 heterocycles. The number of hydrogen-bond acceptors (Lipinski definition) is 6. The summed E-state index contributed by atoms with van der Waals surface area (Å²) in [5.74, 6) is 0.824. The molecular weight excluding hydrogens is 410 g/mol. The van der Waals surface area contributed by atoms with Crippen molar-refractivity contribution in [2.45, 2.75) is 63.6 Å². The minimum atomic E-state index is -0.196. The molecule has 4 rings (SSSR count). The Morgan fingerprint density at radius 2 is 1.87 bits per heavy atom. The molecule has 1 saturated carbocycles. The van der Waals surface area contributed by atoms with Gasteiger partial charge in [-0.1, -0.05) is 47.5 Å². The first-order valence-corrected chi connectivity index (χ1v) is 12.1. The first kappa shape index (κ1) is 21.5. The summed E-state index contributed by atoms with van der Waals surface area (Å²) in [4.78, 5) is 12.6. The maximum atomic E-state index is 12.6. The van der Waals surface area contributed by atoms with Crippen LogP contribution in [-0.2, 0) is 6.42 Å². The standard InChI is InChI=1S/C22H29N7OS/c1-15-10-12-18(13-11-15)29-16(2)20(25-27-29)21(30)23-14-6-9-19-24-26-22(31-3)28(19)17-7-4-5-8-17/h10-13,17H,4-9,14H2,1-3H3,(H,23,30). The van der Waals surface area contributed by atoms with Crippen LogP contribution in [0.5, 0.6) is 0 Å². The fourth-order valence-corrected chi connectivity index (χ4v) is 4.72. The Morgan fingerprint density at radius 1 is 1.13 bits per heavy atom. The maximum Gasteiger partial charge on any atom is 0.273 e. The van der Waals surface area contributed by atoms with Gasteiger partial charge in [0, 0.05) is 19.0 Å². The van der Waals surface area contributed by atoms with E-state index in [1.165, 1.54) is 31.2 Å². The zero-order chi connectivity index (χ0) is 21.8. The second-order valence-electron chi connectivity index (χ2n) is 8.04. The van der Waals surface area contributed by atoms with Gasteiger partial charge in [0.15, 0.2) is 10.9 Å². The van der Waals surface area contributed by atoms with Crippen molar-refractivity contribution in [1.29, 1.82) is 0 Å². The molecule has 3 aromatic rings. The van der Waals surface area contributed by atoms with Crippen LogP contribution >= 0.6 is 11.8 Å². The summed E-state index contributed by atoms with van der Waals surface area (Å²) in [7, 11) is 0. The van der Waals surface area contributed by atoms with Gasteiger partial charge in [0.05, 0.1) is 11.4 Å². The largest absolute Gasteiger partial charge is 0.351 e. The van der Waals surface area contributed by atoms with E-state index in [-0.39, 0.29) is 5.91 Å². The van der Waals surface area contributed by atoms with Gasteiger partial charge < -0.3 is 9.88 Å². The van der Waals surface area contributed by atoms with Crippen molar-refractivity contribution < 1.29 is 4.79 Å². The third kappa shape index (κ3) is 4.66. The quantitative estimate of drug-likeness (QED) is 0.425. The van der Waals surface area contributed by atoms with Crippen molar-refractivity contribution in [1.82, 2.24) is 35.1 Å². The summed E-state index contributed by atoms with van der Waals surface area (Å²) in [6.45, 7) is 4.46. The van der Waals surface area contributed by atoms with Crippen LogP contribution in [0.4, 0.5) is 0 Å². The van der Waals surface area contributed by atoms with E-state index in [0.717, 1.165) is 35.2 Å². The molecule has 0 unspecified atom stereocenters. The van der Waals surface area contributed by atoms with Crippen molar-refractivity contribution in [2.24, 2.45) is 0 Å². The van der Waals surface area contributed by atoms with Gasteiger partial charge in [-0.25, -0.2) is 4.68 Å². The van der Waals surface area contributed by atoms with Gasteiger partial charge in [-0.15, -0.1) is 15.3 Å². The SMILES string of the molecule is CSc1nnc(CCCNC(=O)c2nnn(-c3ccc(C)cc3)c2C)n1C1CCCC1. The number of hydrogen-bond donors (Lipinski definition) is 1. The summed E-state index contributed by atoms with van der Waals surface area (Å²) in [6, 6.07) is 8.50. The molecule has 1 amide bonds. The molecular formula is C22H29N7OS. The summed E-state index contributed by atoms with van der Waals surface area (Å²) in [6.07, 6.45) is 8.58. The summed E-state index contributed by atoms with van der Waals surface area (Å²) >= 11 is 1.65. The number of aryl methyl sites for hydroxylation is 2. The van der Waals surface area contributed by atoms with Crippen LogP contribution in [0.15, 0.2) is 29.4 Å². The third-order valence-electron chi connectivity index (χ3n) is 5.86. The number of thioether (sulfide) groups is 1. The van der Waals surface area contributed by atoms with Gasteiger partial charge in [-0.2, -0.15) is 0 Å². The number of carbonyl (C=O) groups excluding carboxylic acids is 1. The smallest absolute Gasteiger partial charge is 0.273 e. The van der Waals surface area contributed by atoms with Crippen LogP contribution in [0.1, 0.15) is 65.7 Å². The van der Waals surface area contributed by atoms with Gasteiger partial charge in [-0.3, -0.25) is 4.79 Å². The normalized spacial score (nSPS) is 14.3. The molecule has 31 heavy (non-hydrogen) atoms. The molecule has 0 radical (unpaired) electrons. The molecule has 0 aliphatic heterocycles. The maximum absolute atomic E-state index is 12.6. The molecule has 1 aliphatic carbocycles. The van der Waals surface area contributed by atoms with Crippen molar-refractivity contribution in [3.63, 3.8) is 0 Å². The van der Waals surface area contributed by atoms with Crippen molar-refractivity contribution >= 4 is 17.7 Å². The van der Waals surface area contributed by atoms with E-state index in [2.05, 4.69) is 30.4 Å². The zero-order valence-corrected chi connectivity index (χ0v) is 19.2. The first-order chi connectivity index (χ1) is 15.1. The van der Waals surface area contributed by atoms with Gasteiger partial charge in [-0.05, 0) is 51.5 Å². The van der Waals surface area contributed by atoms with Gasteiger partial charge >= 0.3 is 0 Å². The predicted octanol–water partition coefficient (Wildman–Crippen LogP) is 3.68. The van der Waals surface area contributed by atoms with Crippen LogP contribution in [0.2, 0.25) is 0 Å². The fourth-order valence-electron chi connectivity index (χ4n) is 4.15. The summed E-state index contributed by atoms with van der Waals surface area (Å²) < 4.78 is 4.01. The average molecular weight is 440 g/mol. The van der Waals surface area contributed by atoms with E-state index in [4.69, 9.17) is 0 Å². The molecule has 9 heteroatoms. The third-order valence-corrected chi connectivity index (χ3v) is 6.50. The second-order valence-corrected chi connectivity index (χ2v) is 8.81. The van der Waals surface area contributed by atoms with Crippen molar-refractivity contribution in [3.8, 4) is 5.69 Å². The monoisotopic (exact) mass is 439 g/mol. The Balaban J connectivity index is 1.34. The zero-order valence-electron chi connectivity index (χ0n) is 18.3. The number of nitrogens with one attached hydrogen (secondary N) is 1. The van der Waals surface area contributed by atoms with E-state index < -0.39 is 0 Å². The highest BCUT2D eigenvalue weighted by atomic mass is 32.2. The number of rotatable bonds is 8. The number of carbonyl (C=O) groups is 1. The lowest BCUT2D eigenvalue weighted by molar-refractivity contribution is 0.0947. The highest BCUT2D eigenvalue weighted by Crippen LogP contribution is 2.33. The van der Waals surface area contributed by atoms with Crippen molar-refractivity contribution in [2.75, 3.05) is 12.8 Å². The Bertz CT molecular complexity index is 1030. The molecule has 0 spiro atoms. The fraction of sp³-hybridized carbons (Fsp3) is 0.500. The first-order valence-electron chi connectivity index (χ1n) is 10.8. The highest BCUT2D eigenvalue weighted by molar-refractivity contribution is 7.98. The topological polar surface area (TPSA) is 90.5 Å². The minimum absolute atomic E-state index is 0.196. The molecule has 1 aromatic carbocycles. The molecule has 1 fully saturated rings. The predicted molar refractivity (Wildman–Crippen MR) is 121 cm³/mol. The number of amides is 1. The number of aromatic nitrogens is 6. The average Bonchev–Trinajstić information content (AvgIpc) is 3.51. The molecule has 1 N–H and O–H groups in total. The van der Waals surface area contributed by atoms with Gasteiger partial charge in [0.1, 0.15) is 5.82 Å². The van der Waals surface area contributed by atoms with Gasteiger partial charge in [0.25, 0.3) is 5.91 Å². The molecule has 2 aromatic heterocycles. The van der Waals surface area contributed by atoms with E-state index >= 15 is 0 Å². The molecule has 0 saturated heterocycles. The lowest BCUT2D eigenvalue weighted by Crippen LogP contribution is -2.26. The van der Waals surface area contributed by atoms with E-state index in [1.807, 2.05) is 44.4 Å². The van der Waals surface area contributed by atoms with Crippen molar-refractivity contribution in [3.05, 3.63) is 47.0 Å². The summed E-state index contributed by atoms with van der Waals surface area (Å²) in [5, 5.41) is 21.0. The van der Waals surface area contributed by atoms with Crippen LogP contribution in [-0.4, -0.2) is 48.5 Å². The summed E-state index contributed by atoms with van der Waals surface area (Å²) in [5.41, 5.74) is 3.16. The number of benzene rings is 1. The lowest BCUT2D eigenvalue weighted by atomic mass is 10.2. The Hall–Kier alpha value is -2.68. The highest BCUT2D eigenvalue weighted by Gasteiger charge is 2.23. The van der Waals surface area contributed by atoms with E-state index in [0.29, 0.717) is 18.3 Å². The molecule has 164 valence electrons. The molecule has 1 aliphatic rings. The molecule has 0 atom stereocenters. The van der Waals surface area contributed by atoms with Crippen LogP contribution < -0.4 is 5.32 Å². The van der Waals surface area contributed by atoms with Gasteiger partial charge in [0.2, 0.25) is 0 Å². The Labute approximate surface area is 186 Å². The molecule has 8 nitrogen and oxygen atoms in total. The van der Waals surface area contributed by atoms with Crippen LogP contribution in [0.25, 0.3) is 5.69 Å². The van der Waals surface area contributed by atoms with Crippen LogP contribution in [0, 0.1) is 13.8 Å². The Kier molecular flexibility index (Phi) is 6.70. The lowest BCUT2D eigenvalue weighted by Gasteiger charge is -2.16. The second kappa shape index (κ2) is 9.64. The van der Waals surface area contributed by atoms with Crippen LogP contribution in [0.3, 0.4) is 0 Å². The Morgan fingerprint density at radius 3 is 2.58 bits per heavy atom. The minimum Gasteiger partial charge on any atom is -0.351 e.